The Bertz CT molecular complexity index is 2240. The zero-order chi connectivity index (χ0) is 33.2. The van der Waals surface area contributed by atoms with Gasteiger partial charge in [-0.3, -0.25) is 14.2 Å². The number of carboxylic acid groups (broad SMARTS) is 2. The topological polar surface area (TPSA) is 133 Å². The number of amides is 1. The van der Waals surface area contributed by atoms with Crippen LogP contribution in [0.15, 0.2) is 119 Å². The van der Waals surface area contributed by atoms with Crippen molar-refractivity contribution in [1.82, 2.24) is 4.57 Å². The molecule has 10 nitrogen and oxygen atoms in total. The van der Waals surface area contributed by atoms with Gasteiger partial charge in [-0.25, -0.2) is 9.59 Å². The highest BCUT2D eigenvalue weighted by atomic mass is 16.4. The van der Waals surface area contributed by atoms with Crippen LogP contribution in [0.5, 0.6) is 0 Å². The van der Waals surface area contributed by atoms with E-state index in [1.54, 1.807) is 24.3 Å². The van der Waals surface area contributed by atoms with Gasteiger partial charge in [0.25, 0.3) is 11.5 Å². The maximum Gasteiger partial charge on any atom is 0.335 e. The molecule has 232 valence electrons. The summed E-state index contributed by atoms with van der Waals surface area (Å²) < 4.78 is 1.29. The van der Waals surface area contributed by atoms with Gasteiger partial charge in [0.2, 0.25) is 0 Å². The molecule has 5 aromatic rings. The van der Waals surface area contributed by atoms with E-state index in [1.807, 2.05) is 67.5 Å². The first-order valence-electron chi connectivity index (χ1n) is 14.5. The van der Waals surface area contributed by atoms with Crippen LogP contribution in [-0.4, -0.2) is 46.7 Å². The largest absolute Gasteiger partial charge is 0.478 e. The average Bonchev–Trinajstić information content (AvgIpc) is 3.41. The second-order valence-electron chi connectivity index (χ2n) is 10.9. The zero-order valence-electron chi connectivity index (χ0n) is 25.4. The lowest BCUT2D eigenvalue weighted by molar-refractivity contribution is 0.0686. The summed E-state index contributed by atoms with van der Waals surface area (Å²) in [6.45, 7) is 0. The highest BCUT2D eigenvalue weighted by Crippen LogP contribution is 2.26. The van der Waals surface area contributed by atoms with Crippen molar-refractivity contribution >= 4 is 41.4 Å². The number of anilines is 2. The van der Waals surface area contributed by atoms with E-state index in [9.17, 15) is 29.4 Å². The fraction of sp³-hybridized carbons (Fsp3) is 0.0541. The van der Waals surface area contributed by atoms with Gasteiger partial charge in [-0.2, -0.15) is 5.01 Å². The van der Waals surface area contributed by atoms with E-state index in [0.29, 0.717) is 22.5 Å². The number of hydrogen-bond donors (Lipinski definition) is 2. The van der Waals surface area contributed by atoms with E-state index in [1.165, 1.54) is 53.1 Å². The number of rotatable bonds is 8. The summed E-state index contributed by atoms with van der Waals surface area (Å²) in [4.78, 5) is 53.8. The third-order valence-electron chi connectivity index (χ3n) is 7.74. The monoisotopic (exact) mass is 624 g/mol. The van der Waals surface area contributed by atoms with E-state index in [0.717, 1.165) is 16.3 Å². The second kappa shape index (κ2) is 12.4. The summed E-state index contributed by atoms with van der Waals surface area (Å²) in [5.41, 5.74) is 3.39. The number of fused-ring (bicyclic) bond motifs is 1. The lowest BCUT2D eigenvalue weighted by Crippen LogP contribution is -2.44. The quantitative estimate of drug-likeness (QED) is 0.257. The Labute approximate surface area is 268 Å². The van der Waals surface area contributed by atoms with Gasteiger partial charge in [0.05, 0.1) is 28.1 Å². The Hall–Kier alpha value is -6.55. The smallest absolute Gasteiger partial charge is 0.335 e. The summed E-state index contributed by atoms with van der Waals surface area (Å²) in [5, 5.41) is 24.8. The number of carboxylic acids is 2. The van der Waals surface area contributed by atoms with Gasteiger partial charge in [-0.05, 0) is 77.9 Å². The van der Waals surface area contributed by atoms with Gasteiger partial charge in [0.15, 0.2) is 5.49 Å². The Morgan fingerprint density at radius 2 is 1.30 bits per heavy atom. The predicted molar refractivity (Wildman–Crippen MR) is 180 cm³/mol. The molecule has 0 spiro atoms. The Balaban J connectivity index is 1.62. The molecule has 2 heterocycles. The molecule has 1 aliphatic rings. The molecule has 0 aliphatic carbocycles. The summed E-state index contributed by atoms with van der Waals surface area (Å²) >= 11 is 0. The molecule has 2 N–H and O–H groups in total. The van der Waals surface area contributed by atoms with Crippen LogP contribution < -0.4 is 26.2 Å². The van der Waals surface area contributed by atoms with Gasteiger partial charge in [0.1, 0.15) is 0 Å². The fourth-order valence-electron chi connectivity index (χ4n) is 5.34. The van der Waals surface area contributed by atoms with Crippen molar-refractivity contribution in [3.8, 4) is 16.8 Å². The first kappa shape index (κ1) is 30.5. The van der Waals surface area contributed by atoms with Crippen LogP contribution in [0.3, 0.4) is 0 Å². The van der Waals surface area contributed by atoms with Crippen LogP contribution >= 0.6 is 0 Å². The molecular formula is C37H28N4O6. The number of aromatic nitrogens is 1. The SMILES string of the molecule is CN(C)c1ccc(/C=C\C=c2\c(-c3ccccc3)c3c(n(-c4ccc(C(=O)O)cc4)c2=O)=NN(c2ccc(C(=O)O)cc2)C3=O)cc1. The second-order valence-corrected chi connectivity index (χ2v) is 10.9. The third-order valence-corrected chi connectivity index (χ3v) is 7.74. The number of nitrogens with zero attached hydrogens (tertiary/aromatic N) is 4. The molecule has 10 heteroatoms. The molecule has 4 aromatic carbocycles. The Kier molecular flexibility index (Phi) is 8.07. The first-order chi connectivity index (χ1) is 22.6. The molecule has 0 saturated heterocycles. The molecule has 1 aliphatic heterocycles. The van der Waals surface area contributed by atoms with E-state index < -0.39 is 23.4 Å². The number of aromatic carboxylic acids is 2. The number of hydrogen-bond acceptors (Lipinski definition) is 6. The minimum atomic E-state index is -1.12. The van der Waals surface area contributed by atoms with Crippen LogP contribution in [0.4, 0.5) is 11.4 Å². The van der Waals surface area contributed by atoms with Gasteiger partial charge >= 0.3 is 11.9 Å². The van der Waals surface area contributed by atoms with Crippen molar-refractivity contribution in [1.29, 1.82) is 0 Å². The molecule has 0 unspecified atom stereocenters. The maximum atomic E-state index is 14.5. The van der Waals surface area contributed by atoms with Crippen LogP contribution in [0, 0.1) is 0 Å². The number of carbonyl (C=O) groups is 3. The number of allylic oxidation sites excluding steroid dienone is 1. The summed E-state index contributed by atoms with van der Waals surface area (Å²) in [7, 11) is 3.91. The molecule has 47 heavy (non-hydrogen) atoms. The van der Waals surface area contributed by atoms with Crippen molar-refractivity contribution in [3.05, 3.63) is 153 Å². The first-order valence-corrected chi connectivity index (χ1v) is 14.5. The van der Waals surface area contributed by atoms with Crippen molar-refractivity contribution in [2.45, 2.75) is 0 Å². The zero-order valence-corrected chi connectivity index (χ0v) is 25.4. The van der Waals surface area contributed by atoms with E-state index >= 15 is 0 Å². The minimum Gasteiger partial charge on any atom is -0.478 e. The van der Waals surface area contributed by atoms with Gasteiger partial charge < -0.3 is 15.1 Å². The van der Waals surface area contributed by atoms with Crippen LogP contribution in [-0.2, 0) is 0 Å². The normalized spacial score (nSPS) is 12.7. The summed E-state index contributed by atoms with van der Waals surface area (Å²) in [5.74, 6) is -2.76. The van der Waals surface area contributed by atoms with E-state index in [4.69, 9.17) is 0 Å². The molecule has 0 atom stereocenters. The molecule has 0 fully saturated rings. The van der Waals surface area contributed by atoms with Crippen molar-refractivity contribution in [2.24, 2.45) is 5.10 Å². The highest BCUT2D eigenvalue weighted by Gasteiger charge is 2.33. The van der Waals surface area contributed by atoms with Crippen LogP contribution in [0.1, 0.15) is 36.6 Å². The molecule has 6 rings (SSSR count). The Morgan fingerprint density at radius 3 is 1.85 bits per heavy atom. The number of benzene rings is 4. The predicted octanol–water partition coefficient (Wildman–Crippen LogP) is 4.66. The molecule has 1 amide bonds. The highest BCUT2D eigenvalue weighted by molar-refractivity contribution is 6.11. The van der Waals surface area contributed by atoms with Crippen molar-refractivity contribution in [2.75, 3.05) is 24.0 Å². The third kappa shape index (κ3) is 5.83. The van der Waals surface area contributed by atoms with Gasteiger partial charge in [0, 0.05) is 30.6 Å². The van der Waals surface area contributed by atoms with Crippen molar-refractivity contribution < 1.29 is 24.6 Å². The molecule has 0 radical (unpaired) electrons. The number of pyridine rings is 1. The summed E-state index contributed by atoms with van der Waals surface area (Å²) in [6.07, 6.45) is 5.26. The van der Waals surface area contributed by atoms with E-state index in [2.05, 4.69) is 5.10 Å². The van der Waals surface area contributed by atoms with Gasteiger partial charge in [-0.15, -0.1) is 5.10 Å². The standard InChI is InChI=1S/C37H28N4O6/c1-39(2)27-17-11-23(12-18-27)7-6-10-30-31(24-8-4-3-5-9-24)32-33(40(34(30)42)28-19-13-25(14-20-28)36(44)45)38-41(35(32)43)29-21-15-26(16-22-29)37(46)47/h3-22H,1-2H3,(H,44,45)(H,46,47)/b7-6-,30-10-. The minimum absolute atomic E-state index is 0.0301. The average molecular weight is 625 g/mol. The Morgan fingerprint density at radius 1 is 0.723 bits per heavy atom. The molecule has 0 bridgehead atoms. The van der Waals surface area contributed by atoms with Crippen LogP contribution in [0.2, 0.25) is 0 Å². The van der Waals surface area contributed by atoms with Crippen molar-refractivity contribution in [3.63, 3.8) is 0 Å². The lowest BCUT2D eigenvalue weighted by atomic mass is 9.97. The molecule has 0 saturated carbocycles. The molecule has 1 aromatic heterocycles. The number of carbonyl (C=O) groups excluding carboxylic acids is 1. The van der Waals surface area contributed by atoms with E-state index in [-0.39, 0.29) is 27.4 Å². The lowest BCUT2D eigenvalue weighted by Gasteiger charge is -2.14. The van der Waals surface area contributed by atoms with Gasteiger partial charge in [-0.1, -0.05) is 54.6 Å². The molecular weight excluding hydrogens is 596 g/mol. The summed E-state index contributed by atoms with van der Waals surface area (Å²) in [6, 6.07) is 28.4. The van der Waals surface area contributed by atoms with Crippen LogP contribution in [0.25, 0.3) is 29.0 Å². The maximum absolute atomic E-state index is 14.5. The fourth-order valence-corrected chi connectivity index (χ4v) is 5.34.